The average Bonchev–Trinajstić information content (AvgIpc) is 2.98. The van der Waals surface area contributed by atoms with E-state index in [2.05, 4.69) is 19.9 Å². The zero-order chi connectivity index (χ0) is 19.3. The number of alkyl halides is 3. The third-order valence-corrected chi connectivity index (χ3v) is 5.68. The molecule has 0 aliphatic carbocycles. The predicted octanol–water partition coefficient (Wildman–Crippen LogP) is 3.70. The summed E-state index contributed by atoms with van der Waals surface area (Å²) < 4.78 is 30.4. The molecule has 0 bridgehead atoms. The first-order valence-corrected chi connectivity index (χ1v) is 9.59. The summed E-state index contributed by atoms with van der Waals surface area (Å²) in [5.41, 5.74) is 0.665. The fourth-order valence-electron chi connectivity index (χ4n) is 3.77. The normalized spacial score (nSPS) is 19.2. The third-order valence-electron chi connectivity index (χ3n) is 5.25. The van der Waals surface area contributed by atoms with Crippen LogP contribution in [-0.4, -0.2) is 38.4 Å². The number of nitrogens with zero attached hydrogens (tertiary/aromatic N) is 6. The van der Waals surface area contributed by atoms with Crippen LogP contribution in [0.25, 0.3) is 11.0 Å². The minimum atomic E-state index is -3.26. The van der Waals surface area contributed by atoms with Crippen LogP contribution in [0.2, 0.25) is 0 Å². The zero-order valence-corrected chi connectivity index (χ0v) is 15.7. The van der Waals surface area contributed by atoms with E-state index in [-0.39, 0.29) is 23.4 Å². The summed E-state index contributed by atoms with van der Waals surface area (Å²) in [7, 11) is 0. The summed E-state index contributed by atoms with van der Waals surface area (Å²) in [6, 6.07) is 3.50. The van der Waals surface area contributed by atoms with Gasteiger partial charge in [-0.15, -0.1) is 11.6 Å². The van der Waals surface area contributed by atoms with Crippen molar-refractivity contribution >= 4 is 34.4 Å². The van der Waals surface area contributed by atoms with E-state index < -0.39 is 6.05 Å². The van der Waals surface area contributed by atoms with E-state index >= 15 is 8.78 Å². The van der Waals surface area contributed by atoms with Crippen LogP contribution < -0.4 is 9.80 Å². The summed E-state index contributed by atoms with van der Waals surface area (Å²) in [6.07, 6.45) is 4.59. The molecule has 144 valence electrons. The SMILES string of the molecule is FC1(F)c2ncccc2CN1c1nc(N2CCC(Cl)CC2)nc2ncccc12. The Balaban J connectivity index is 1.63. The largest absolute Gasteiger partial charge is 0.371 e. The van der Waals surface area contributed by atoms with Gasteiger partial charge in [-0.2, -0.15) is 18.7 Å². The maximum Gasteiger partial charge on any atom is 0.371 e. The minimum absolute atomic E-state index is 0.0281. The number of hydrogen-bond acceptors (Lipinski definition) is 6. The number of rotatable bonds is 2. The Bertz CT molecular complexity index is 1040. The standard InChI is InChI=1S/C19H17ClF2N6/c20-13-5-9-27(10-6-13)18-25-16-14(4-2-8-24-16)17(26-18)28-11-12-3-1-7-23-15(12)19(28,21)22/h1-4,7-8,13H,5-6,9-11H2. The minimum Gasteiger partial charge on any atom is -0.341 e. The Morgan fingerprint density at radius 1 is 1.04 bits per heavy atom. The fraction of sp³-hybridized carbons (Fsp3) is 0.368. The molecule has 9 heteroatoms. The molecule has 1 saturated heterocycles. The Morgan fingerprint density at radius 3 is 2.57 bits per heavy atom. The van der Waals surface area contributed by atoms with Gasteiger partial charge in [-0.25, -0.2) is 4.98 Å². The second kappa shape index (κ2) is 6.48. The number of halogens is 3. The quantitative estimate of drug-likeness (QED) is 0.481. The van der Waals surface area contributed by atoms with Crippen molar-refractivity contribution in [2.24, 2.45) is 0 Å². The highest BCUT2D eigenvalue weighted by Gasteiger charge is 2.49. The van der Waals surface area contributed by atoms with Crippen molar-refractivity contribution in [1.29, 1.82) is 0 Å². The topological polar surface area (TPSA) is 58.0 Å². The zero-order valence-electron chi connectivity index (χ0n) is 14.9. The second-order valence-electron chi connectivity index (χ2n) is 7.02. The first kappa shape index (κ1) is 17.5. The molecule has 0 radical (unpaired) electrons. The lowest BCUT2D eigenvalue weighted by atomic mass is 10.1. The molecular weight excluding hydrogens is 386 g/mol. The molecule has 1 fully saturated rings. The van der Waals surface area contributed by atoms with Gasteiger partial charge in [0.2, 0.25) is 5.95 Å². The van der Waals surface area contributed by atoms with Gasteiger partial charge in [0.05, 0.1) is 11.9 Å². The molecule has 0 unspecified atom stereocenters. The van der Waals surface area contributed by atoms with Crippen LogP contribution in [0.1, 0.15) is 24.1 Å². The molecule has 6 nitrogen and oxygen atoms in total. The van der Waals surface area contributed by atoms with Gasteiger partial charge < -0.3 is 4.90 Å². The van der Waals surface area contributed by atoms with E-state index in [9.17, 15) is 0 Å². The van der Waals surface area contributed by atoms with Crippen LogP contribution in [0, 0.1) is 0 Å². The number of hydrogen-bond donors (Lipinski definition) is 0. The molecule has 0 N–H and O–H groups in total. The van der Waals surface area contributed by atoms with Crippen LogP contribution in [-0.2, 0) is 12.6 Å². The molecule has 5 rings (SSSR count). The van der Waals surface area contributed by atoms with Crippen molar-refractivity contribution in [3.05, 3.63) is 47.9 Å². The van der Waals surface area contributed by atoms with E-state index in [1.54, 1.807) is 30.5 Å². The number of fused-ring (bicyclic) bond motifs is 2. The Morgan fingerprint density at radius 2 is 1.79 bits per heavy atom. The number of anilines is 2. The Labute approximate surface area is 165 Å². The summed E-state index contributed by atoms with van der Waals surface area (Å²) in [5.74, 6) is 0.577. The molecule has 5 heterocycles. The smallest absolute Gasteiger partial charge is 0.341 e. The number of piperidine rings is 1. The second-order valence-corrected chi connectivity index (χ2v) is 7.64. The van der Waals surface area contributed by atoms with Crippen LogP contribution in [0.15, 0.2) is 36.7 Å². The van der Waals surface area contributed by atoms with Crippen molar-refractivity contribution in [3.8, 4) is 0 Å². The van der Waals surface area contributed by atoms with Crippen LogP contribution in [0.5, 0.6) is 0 Å². The van der Waals surface area contributed by atoms with Gasteiger partial charge in [0, 0.05) is 36.4 Å². The van der Waals surface area contributed by atoms with Gasteiger partial charge in [0.25, 0.3) is 0 Å². The maximum atomic E-state index is 15.2. The predicted molar refractivity (Wildman–Crippen MR) is 103 cm³/mol. The highest BCUT2D eigenvalue weighted by Crippen LogP contribution is 2.44. The molecule has 28 heavy (non-hydrogen) atoms. The van der Waals surface area contributed by atoms with E-state index in [0.29, 0.717) is 35.6 Å². The lowest BCUT2D eigenvalue weighted by Crippen LogP contribution is -2.37. The maximum absolute atomic E-state index is 15.2. The third kappa shape index (κ3) is 2.74. The molecule has 0 saturated carbocycles. The highest BCUT2D eigenvalue weighted by molar-refractivity contribution is 6.20. The summed E-state index contributed by atoms with van der Waals surface area (Å²) >= 11 is 6.19. The first-order chi connectivity index (χ1) is 13.5. The molecule has 3 aromatic heterocycles. The van der Waals surface area contributed by atoms with Crippen LogP contribution in [0.3, 0.4) is 0 Å². The van der Waals surface area contributed by atoms with Gasteiger partial charge in [-0.1, -0.05) is 6.07 Å². The van der Waals surface area contributed by atoms with E-state index in [1.165, 1.54) is 6.20 Å². The molecule has 0 aromatic carbocycles. The molecule has 2 aliphatic rings. The summed E-state index contributed by atoms with van der Waals surface area (Å²) in [5, 5.41) is 0.615. The fourth-order valence-corrected chi connectivity index (χ4v) is 3.97. The Kier molecular flexibility index (Phi) is 4.04. The van der Waals surface area contributed by atoms with E-state index in [1.807, 2.05) is 4.90 Å². The van der Waals surface area contributed by atoms with E-state index in [0.717, 1.165) is 17.7 Å². The van der Waals surface area contributed by atoms with Gasteiger partial charge in [-0.05, 0) is 31.0 Å². The van der Waals surface area contributed by atoms with Crippen molar-refractivity contribution in [1.82, 2.24) is 19.9 Å². The highest BCUT2D eigenvalue weighted by atomic mass is 35.5. The van der Waals surface area contributed by atoms with Crippen molar-refractivity contribution in [3.63, 3.8) is 0 Å². The van der Waals surface area contributed by atoms with Crippen molar-refractivity contribution in [2.45, 2.75) is 30.8 Å². The Hall–Kier alpha value is -2.61. The molecule has 0 atom stereocenters. The summed E-state index contributed by atoms with van der Waals surface area (Å²) in [6.45, 7) is 1.40. The van der Waals surface area contributed by atoms with Crippen molar-refractivity contribution < 1.29 is 8.78 Å². The van der Waals surface area contributed by atoms with Gasteiger partial charge in [0.15, 0.2) is 5.65 Å². The van der Waals surface area contributed by atoms with Crippen molar-refractivity contribution in [2.75, 3.05) is 22.9 Å². The molecule has 3 aromatic rings. The average molecular weight is 403 g/mol. The molecule has 0 spiro atoms. The van der Waals surface area contributed by atoms with Gasteiger partial charge in [-0.3, -0.25) is 9.88 Å². The van der Waals surface area contributed by atoms with Crippen LogP contribution >= 0.6 is 11.6 Å². The summed E-state index contributed by atoms with van der Waals surface area (Å²) in [4.78, 5) is 20.3. The molecule has 2 aliphatic heterocycles. The van der Waals surface area contributed by atoms with Gasteiger partial charge in [0.1, 0.15) is 11.5 Å². The van der Waals surface area contributed by atoms with Crippen LogP contribution in [0.4, 0.5) is 20.5 Å². The number of aromatic nitrogens is 4. The lowest BCUT2D eigenvalue weighted by Gasteiger charge is -2.31. The van der Waals surface area contributed by atoms with E-state index in [4.69, 9.17) is 11.6 Å². The number of pyridine rings is 2. The monoisotopic (exact) mass is 402 g/mol. The van der Waals surface area contributed by atoms with Gasteiger partial charge >= 0.3 is 6.05 Å². The molecule has 0 amide bonds. The molecular formula is C19H17ClF2N6. The first-order valence-electron chi connectivity index (χ1n) is 9.15. The lowest BCUT2D eigenvalue weighted by molar-refractivity contribution is -0.00336.